The van der Waals surface area contributed by atoms with Crippen LogP contribution in [0.2, 0.25) is 0 Å². The molecule has 0 aliphatic rings. The van der Waals surface area contributed by atoms with Gasteiger partial charge in [0, 0.05) is 17.9 Å². The summed E-state index contributed by atoms with van der Waals surface area (Å²) < 4.78 is 4.75. The summed E-state index contributed by atoms with van der Waals surface area (Å²) in [5.74, 6) is -0.221. The van der Waals surface area contributed by atoms with Crippen LogP contribution in [-0.2, 0) is 11.3 Å². The third-order valence-electron chi connectivity index (χ3n) is 1.33. The van der Waals surface area contributed by atoms with Gasteiger partial charge in [0.05, 0.1) is 12.2 Å². The molecule has 0 atom stereocenters. The number of carbonyl (C=O) groups is 1. The van der Waals surface area contributed by atoms with Crippen molar-refractivity contribution in [2.24, 2.45) is 5.11 Å². The van der Waals surface area contributed by atoms with E-state index in [1.165, 1.54) is 6.92 Å². The molecule has 0 aromatic carbocycles. The molecule has 0 aliphatic heterocycles. The zero-order chi connectivity index (χ0) is 10.4. The summed E-state index contributed by atoms with van der Waals surface area (Å²) in [5.41, 5.74) is 8.64. The highest BCUT2D eigenvalue weighted by Gasteiger charge is 2.00. The number of esters is 1. The molecule has 6 nitrogen and oxygen atoms in total. The Kier molecular flexibility index (Phi) is 3.46. The largest absolute Gasteiger partial charge is 0.408 e. The van der Waals surface area contributed by atoms with Gasteiger partial charge in [-0.1, -0.05) is 11.2 Å². The average Bonchev–Trinajstić information content (AvgIpc) is 2.14. The monoisotopic (exact) mass is 192 g/mol. The number of rotatable bonds is 3. The smallest absolute Gasteiger partial charge is 0.309 e. The summed E-state index contributed by atoms with van der Waals surface area (Å²) in [6, 6.07) is 4.91. The summed E-state index contributed by atoms with van der Waals surface area (Å²) in [6.45, 7) is 1.44. The van der Waals surface area contributed by atoms with Crippen molar-refractivity contribution < 1.29 is 9.53 Å². The maximum Gasteiger partial charge on any atom is 0.309 e. The SMILES string of the molecule is CC(=O)Oc1cccc(CN=[N+]=[N-])n1. The third-order valence-corrected chi connectivity index (χ3v) is 1.33. The van der Waals surface area contributed by atoms with E-state index in [1.54, 1.807) is 18.2 Å². The van der Waals surface area contributed by atoms with E-state index < -0.39 is 5.97 Å². The molecule has 1 aromatic rings. The van der Waals surface area contributed by atoms with Crippen LogP contribution in [0.3, 0.4) is 0 Å². The molecule has 14 heavy (non-hydrogen) atoms. The standard InChI is InChI=1S/C8H8N4O2/c1-6(13)14-8-4-2-3-7(11-8)5-10-12-9/h2-4H,5H2,1H3. The van der Waals surface area contributed by atoms with Crippen molar-refractivity contribution in [1.82, 2.24) is 4.98 Å². The molecule has 0 radical (unpaired) electrons. The topological polar surface area (TPSA) is 88.0 Å². The number of nitrogens with zero attached hydrogens (tertiary/aromatic N) is 4. The predicted octanol–water partition coefficient (Wildman–Crippen LogP) is 1.82. The molecular weight excluding hydrogens is 184 g/mol. The number of hydrogen-bond acceptors (Lipinski definition) is 4. The van der Waals surface area contributed by atoms with Gasteiger partial charge in [0.15, 0.2) is 0 Å². The summed E-state index contributed by atoms with van der Waals surface area (Å²) in [7, 11) is 0. The van der Waals surface area contributed by atoms with Crippen LogP contribution in [0.15, 0.2) is 23.3 Å². The number of ether oxygens (including phenoxy) is 1. The minimum Gasteiger partial charge on any atom is -0.408 e. The Balaban J connectivity index is 2.78. The summed E-state index contributed by atoms with van der Waals surface area (Å²) in [6.07, 6.45) is 0. The van der Waals surface area contributed by atoms with Crippen molar-refractivity contribution >= 4 is 5.97 Å². The van der Waals surface area contributed by atoms with Crippen molar-refractivity contribution in [2.45, 2.75) is 13.5 Å². The van der Waals surface area contributed by atoms with Crippen molar-refractivity contribution in [2.75, 3.05) is 0 Å². The number of carbonyl (C=O) groups excluding carboxylic acids is 1. The van der Waals surface area contributed by atoms with Gasteiger partial charge < -0.3 is 4.74 Å². The molecule has 1 rings (SSSR count). The number of pyridine rings is 1. The average molecular weight is 192 g/mol. The first-order valence-corrected chi connectivity index (χ1v) is 3.87. The first kappa shape index (κ1) is 10.0. The lowest BCUT2D eigenvalue weighted by atomic mass is 10.3. The maximum atomic E-state index is 10.6. The Morgan fingerprint density at radius 3 is 3.14 bits per heavy atom. The molecule has 0 unspecified atom stereocenters. The fraction of sp³-hybridized carbons (Fsp3) is 0.250. The zero-order valence-electron chi connectivity index (χ0n) is 7.54. The second-order valence-corrected chi connectivity index (χ2v) is 2.45. The lowest BCUT2D eigenvalue weighted by Gasteiger charge is -2.00. The van der Waals surface area contributed by atoms with Crippen LogP contribution >= 0.6 is 0 Å². The van der Waals surface area contributed by atoms with E-state index in [0.29, 0.717) is 5.69 Å². The van der Waals surface area contributed by atoms with Crippen molar-refractivity contribution in [3.8, 4) is 5.88 Å². The third kappa shape index (κ3) is 3.12. The zero-order valence-corrected chi connectivity index (χ0v) is 7.54. The highest BCUT2D eigenvalue weighted by atomic mass is 16.5. The molecule has 1 aromatic heterocycles. The molecule has 0 N–H and O–H groups in total. The Bertz CT molecular complexity index is 365. The van der Waals surface area contributed by atoms with Gasteiger partial charge in [0.2, 0.25) is 5.88 Å². The van der Waals surface area contributed by atoms with E-state index in [0.717, 1.165) is 0 Å². The molecule has 0 aliphatic carbocycles. The van der Waals surface area contributed by atoms with Gasteiger partial charge in [-0.25, -0.2) is 4.98 Å². The van der Waals surface area contributed by atoms with Gasteiger partial charge in [-0.2, -0.15) is 0 Å². The van der Waals surface area contributed by atoms with E-state index in [9.17, 15) is 4.79 Å². The fourth-order valence-corrected chi connectivity index (χ4v) is 0.854. The van der Waals surface area contributed by atoms with Gasteiger partial charge in [-0.05, 0) is 11.6 Å². The quantitative estimate of drug-likeness (QED) is 0.316. The van der Waals surface area contributed by atoms with Gasteiger partial charge in [-0.3, -0.25) is 4.79 Å². The second kappa shape index (κ2) is 4.84. The molecular formula is C8H8N4O2. The van der Waals surface area contributed by atoms with E-state index in [2.05, 4.69) is 15.0 Å². The second-order valence-electron chi connectivity index (χ2n) is 2.45. The van der Waals surface area contributed by atoms with Crippen LogP contribution in [0.1, 0.15) is 12.6 Å². The molecule has 6 heteroatoms. The normalized spacial score (nSPS) is 8.93. The summed E-state index contributed by atoms with van der Waals surface area (Å²) in [5, 5.41) is 3.34. The van der Waals surface area contributed by atoms with Gasteiger partial charge in [0.25, 0.3) is 0 Å². The van der Waals surface area contributed by atoms with Crippen LogP contribution in [0.25, 0.3) is 10.4 Å². The van der Waals surface area contributed by atoms with E-state index in [4.69, 9.17) is 10.3 Å². The molecule has 72 valence electrons. The fourth-order valence-electron chi connectivity index (χ4n) is 0.854. The van der Waals surface area contributed by atoms with E-state index >= 15 is 0 Å². The van der Waals surface area contributed by atoms with Gasteiger partial charge in [0.1, 0.15) is 0 Å². The maximum absolute atomic E-state index is 10.6. The predicted molar refractivity (Wildman–Crippen MR) is 48.4 cm³/mol. The number of aromatic nitrogens is 1. The molecule has 0 bridgehead atoms. The Morgan fingerprint density at radius 1 is 1.71 bits per heavy atom. The molecule has 0 amide bonds. The molecule has 0 fully saturated rings. The van der Waals surface area contributed by atoms with Crippen molar-refractivity contribution in [3.63, 3.8) is 0 Å². The molecule has 0 spiro atoms. The number of hydrogen-bond donors (Lipinski definition) is 0. The van der Waals surface area contributed by atoms with E-state index in [1.807, 2.05) is 0 Å². The highest BCUT2D eigenvalue weighted by Crippen LogP contribution is 2.08. The van der Waals surface area contributed by atoms with Crippen LogP contribution in [0.4, 0.5) is 0 Å². The van der Waals surface area contributed by atoms with Gasteiger partial charge in [-0.15, -0.1) is 0 Å². The summed E-state index contributed by atoms with van der Waals surface area (Å²) >= 11 is 0. The molecule has 0 saturated heterocycles. The lowest BCUT2D eigenvalue weighted by molar-refractivity contribution is -0.132. The van der Waals surface area contributed by atoms with E-state index in [-0.39, 0.29) is 12.4 Å². The Hall–Kier alpha value is -2.07. The Labute approximate surface area is 80.2 Å². The van der Waals surface area contributed by atoms with Crippen molar-refractivity contribution in [1.29, 1.82) is 0 Å². The van der Waals surface area contributed by atoms with Crippen molar-refractivity contribution in [3.05, 3.63) is 34.3 Å². The number of azide groups is 1. The first-order valence-electron chi connectivity index (χ1n) is 3.87. The Morgan fingerprint density at radius 2 is 2.50 bits per heavy atom. The first-order chi connectivity index (χ1) is 6.72. The summed E-state index contributed by atoms with van der Waals surface area (Å²) in [4.78, 5) is 17.1. The van der Waals surface area contributed by atoms with Crippen LogP contribution in [-0.4, -0.2) is 11.0 Å². The van der Waals surface area contributed by atoms with Crippen LogP contribution in [0, 0.1) is 0 Å². The highest BCUT2D eigenvalue weighted by molar-refractivity contribution is 5.68. The lowest BCUT2D eigenvalue weighted by Crippen LogP contribution is -2.03. The van der Waals surface area contributed by atoms with Crippen LogP contribution in [0.5, 0.6) is 5.88 Å². The van der Waals surface area contributed by atoms with Gasteiger partial charge >= 0.3 is 5.97 Å². The minimum absolute atomic E-state index is 0.144. The molecule has 0 saturated carbocycles. The minimum atomic E-state index is -0.432. The molecule has 1 heterocycles. The van der Waals surface area contributed by atoms with Crippen LogP contribution < -0.4 is 4.74 Å².